The minimum atomic E-state index is -0.253. The number of ether oxygens (including phenoxy) is 1. The number of hydrogen-bond acceptors (Lipinski definition) is 2. The molecule has 0 heterocycles. The number of nitrogens with one attached hydrogen (secondary N) is 1. The molecule has 0 atom stereocenters. The average molecular weight is 245 g/mol. The third-order valence-electron chi connectivity index (χ3n) is 2.78. The monoisotopic (exact) mass is 245 g/mol. The summed E-state index contributed by atoms with van der Waals surface area (Å²) in [6.45, 7) is 2.57. The van der Waals surface area contributed by atoms with Crippen molar-refractivity contribution in [3.8, 4) is 5.75 Å². The van der Waals surface area contributed by atoms with Crippen molar-refractivity contribution in [2.75, 3.05) is 12.4 Å². The van der Waals surface area contributed by atoms with E-state index in [4.69, 9.17) is 4.74 Å². The molecule has 0 spiro atoms. The summed E-state index contributed by atoms with van der Waals surface area (Å²) in [6.07, 6.45) is 0. The Morgan fingerprint density at radius 3 is 2.50 bits per heavy atom. The van der Waals surface area contributed by atoms with Crippen LogP contribution in [0.15, 0.2) is 42.5 Å². The van der Waals surface area contributed by atoms with Gasteiger partial charge in [-0.05, 0) is 37.3 Å². The first-order valence-electron chi connectivity index (χ1n) is 5.82. The highest BCUT2D eigenvalue weighted by atomic mass is 19.1. The van der Waals surface area contributed by atoms with Crippen LogP contribution in [0.3, 0.4) is 0 Å². The molecule has 0 unspecified atom stereocenters. The first-order chi connectivity index (χ1) is 8.69. The van der Waals surface area contributed by atoms with E-state index in [9.17, 15) is 4.39 Å². The topological polar surface area (TPSA) is 21.3 Å². The van der Waals surface area contributed by atoms with E-state index in [1.54, 1.807) is 13.2 Å². The second kappa shape index (κ2) is 5.54. The van der Waals surface area contributed by atoms with E-state index in [-0.39, 0.29) is 5.82 Å². The van der Waals surface area contributed by atoms with Crippen LogP contribution in [0.25, 0.3) is 0 Å². The highest BCUT2D eigenvalue weighted by Crippen LogP contribution is 2.20. The third-order valence-corrected chi connectivity index (χ3v) is 2.78. The van der Waals surface area contributed by atoms with Crippen molar-refractivity contribution >= 4 is 5.69 Å². The summed E-state index contributed by atoms with van der Waals surface area (Å²) in [5.74, 6) is 0.438. The van der Waals surface area contributed by atoms with Gasteiger partial charge in [0.15, 0.2) is 0 Å². The van der Waals surface area contributed by atoms with Gasteiger partial charge in [-0.15, -0.1) is 0 Å². The second-order valence-corrected chi connectivity index (χ2v) is 4.18. The Morgan fingerprint density at radius 1 is 1.11 bits per heavy atom. The summed E-state index contributed by atoms with van der Waals surface area (Å²) in [5.41, 5.74) is 3.02. The zero-order valence-corrected chi connectivity index (χ0v) is 10.5. The number of halogens is 1. The second-order valence-electron chi connectivity index (χ2n) is 4.18. The lowest BCUT2D eigenvalue weighted by molar-refractivity contribution is 0.409. The maximum atomic E-state index is 13.2. The Morgan fingerprint density at radius 2 is 1.83 bits per heavy atom. The molecular weight excluding hydrogens is 229 g/mol. The molecule has 18 heavy (non-hydrogen) atoms. The van der Waals surface area contributed by atoms with E-state index in [1.807, 2.05) is 31.2 Å². The molecular formula is C15H16FNO. The molecule has 94 valence electrons. The molecule has 2 rings (SSSR count). The fourth-order valence-corrected chi connectivity index (χ4v) is 1.75. The molecule has 2 aromatic rings. The zero-order chi connectivity index (χ0) is 13.0. The molecule has 0 amide bonds. The maximum absolute atomic E-state index is 13.2. The van der Waals surface area contributed by atoms with E-state index in [0.29, 0.717) is 12.3 Å². The van der Waals surface area contributed by atoms with Gasteiger partial charge in [-0.1, -0.05) is 17.7 Å². The number of rotatable bonds is 4. The number of aryl methyl sites for hydroxylation is 1. The molecule has 0 saturated heterocycles. The molecule has 1 N–H and O–H groups in total. The first kappa shape index (κ1) is 12.4. The van der Waals surface area contributed by atoms with Gasteiger partial charge in [0.1, 0.15) is 11.6 Å². The van der Waals surface area contributed by atoms with Crippen molar-refractivity contribution in [3.63, 3.8) is 0 Å². The van der Waals surface area contributed by atoms with Crippen LogP contribution < -0.4 is 10.1 Å². The lowest BCUT2D eigenvalue weighted by Gasteiger charge is -2.11. The fraction of sp³-hybridized carbons (Fsp3) is 0.200. The van der Waals surface area contributed by atoms with E-state index in [1.165, 1.54) is 17.7 Å². The van der Waals surface area contributed by atoms with Crippen LogP contribution >= 0.6 is 0 Å². The maximum Gasteiger partial charge on any atom is 0.124 e. The van der Waals surface area contributed by atoms with E-state index >= 15 is 0 Å². The molecule has 2 nitrogen and oxygen atoms in total. The number of methoxy groups -OCH3 is 1. The van der Waals surface area contributed by atoms with Crippen molar-refractivity contribution in [2.45, 2.75) is 13.5 Å². The first-order valence-corrected chi connectivity index (χ1v) is 5.82. The van der Waals surface area contributed by atoms with E-state index in [0.717, 1.165) is 11.3 Å². The predicted molar refractivity (Wildman–Crippen MR) is 71.5 cm³/mol. The van der Waals surface area contributed by atoms with Crippen LogP contribution in [0.5, 0.6) is 5.75 Å². The molecule has 0 aliphatic heterocycles. The Balaban J connectivity index is 2.09. The van der Waals surface area contributed by atoms with Crippen LogP contribution in [0.4, 0.5) is 10.1 Å². The molecule has 0 saturated carbocycles. The van der Waals surface area contributed by atoms with Crippen molar-refractivity contribution in [1.82, 2.24) is 0 Å². The minimum absolute atomic E-state index is 0.253. The Labute approximate surface area is 106 Å². The summed E-state index contributed by atoms with van der Waals surface area (Å²) in [4.78, 5) is 0. The van der Waals surface area contributed by atoms with Gasteiger partial charge in [-0.3, -0.25) is 0 Å². The number of anilines is 1. The van der Waals surface area contributed by atoms with Gasteiger partial charge in [0.2, 0.25) is 0 Å². The van der Waals surface area contributed by atoms with Gasteiger partial charge >= 0.3 is 0 Å². The number of benzene rings is 2. The summed E-state index contributed by atoms with van der Waals surface area (Å²) in [5, 5.41) is 3.24. The molecule has 0 fully saturated rings. The molecule has 0 aliphatic rings. The van der Waals surface area contributed by atoms with E-state index < -0.39 is 0 Å². The molecule has 3 heteroatoms. The zero-order valence-electron chi connectivity index (χ0n) is 10.5. The lowest BCUT2D eigenvalue weighted by Crippen LogP contribution is -2.02. The highest BCUT2D eigenvalue weighted by Gasteiger charge is 2.04. The van der Waals surface area contributed by atoms with Gasteiger partial charge in [0, 0.05) is 17.8 Å². The Hall–Kier alpha value is -2.03. The smallest absolute Gasteiger partial charge is 0.124 e. The van der Waals surface area contributed by atoms with Gasteiger partial charge in [0.25, 0.3) is 0 Å². The van der Waals surface area contributed by atoms with Crippen molar-refractivity contribution in [2.24, 2.45) is 0 Å². The summed E-state index contributed by atoms with van der Waals surface area (Å²) in [7, 11) is 1.59. The third kappa shape index (κ3) is 3.00. The van der Waals surface area contributed by atoms with Gasteiger partial charge in [0.05, 0.1) is 7.11 Å². The molecule has 0 radical (unpaired) electrons. The van der Waals surface area contributed by atoms with Crippen molar-refractivity contribution in [1.29, 1.82) is 0 Å². The van der Waals surface area contributed by atoms with Crippen molar-refractivity contribution in [3.05, 3.63) is 59.4 Å². The molecule has 0 aromatic heterocycles. The quantitative estimate of drug-likeness (QED) is 0.885. The SMILES string of the molecule is COc1ccc(F)cc1CNc1ccc(C)cc1. The van der Waals surface area contributed by atoms with E-state index in [2.05, 4.69) is 5.32 Å². The Bertz CT molecular complexity index is 523. The van der Waals surface area contributed by atoms with Crippen LogP contribution in [0.1, 0.15) is 11.1 Å². The average Bonchev–Trinajstić information content (AvgIpc) is 2.38. The molecule has 0 bridgehead atoms. The minimum Gasteiger partial charge on any atom is -0.496 e. The van der Waals surface area contributed by atoms with Crippen LogP contribution in [0, 0.1) is 12.7 Å². The van der Waals surface area contributed by atoms with Crippen LogP contribution in [0.2, 0.25) is 0 Å². The predicted octanol–water partition coefficient (Wildman–Crippen LogP) is 3.75. The van der Waals surface area contributed by atoms with Gasteiger partial charge in [-0.2, -0.15) is 0 Å². The number of hydrogen-bond donors (Lipinski definition) is 1. The summed E-state index contributed by atoms with van der Waals surface area (Å²) >= 11 is 0. The van der Waals surface area contributed by atoms with Crippen LogP contribution in [-0.4, -0.2) is 7.11 Å². The fourth-order valence-electron chi connectivity index (χ4n) is 1.75. The van der Waals surface area contributed by atoms with Crippen LogP contribution in [-0.2, 0) is 6.54 Å². The largest absolute Gasteiger partial charge is 0.496 e. The lowest BCUT2D eigenvalue weighted by atomic mass is 10.2. The Kier molecular flexibility index (Phi) is 3.82. The molecule has 2 aromatic carbocycles. The van der Waals surface area contributed by atoms with Gasteiger partial charge in [-0.25, -0.2) is 4.39 Å². The normalized spacial score (nSPS) is 10.2. The highest BCUT2D eigenvalue weighted by molar-refractivity contribution is 5.46. The van der Waals surface area contributed by atoms with Crippen molar-refractivity contribution < 1.29 is 9.13 Å². The molecule has 0 aliphatic carbocycles. The van der Waals surface area contributed by atoms with Gasteiger partial charge < -0.3 is 10.1 Å². The standard InChI is InChI=1S/C15H16FNO/c1-11-3-6-14(7-4-11)17-10-12-9-13(16)5-8-15(12)18-2/h3-9,17H,10H2,1-2H3. The summed E-state index contributed by atoms with van der Waals surface area (Å²) < 4.78 is 18.4. The summed E-state index contributed by atoms with van der Waals surface area (Å²) in [6, 6.07) is 12.6.